The van der Waals surface area contributed by atoms with Crippen LogP contribution in [0.3, 0.4) is 0 Å². The second-order valence-corrected chi connectivity index (χ2v) is 4.43. The molecule has 0 saturated heterocycles. The molecular formula is C14H18ClF2N3O. The van der Waals surface area contributed by atoms with E-state index in [4.69, 9.17) is 0 Å². The normalized spacial score (nSPS) is 15.3. The van der Waals surface area contributed by atoms with Crippen molar-refractivity contribution in [2.45, 2.75) is 32.3 Å². The minimum absolute atomic E-state index is 0. The van der Waals surface area contributed by atoms with E-state index in [1.54, 1.807) is 18.2 Å². The van der Waals surface area contributed by atoms with Gasteiger partial charge in [-0.2, -0.15) is 13.9 Å². The van der Waals surface area contributed by atoms with Crippen molar-refractivity contribution in [3.05, 3.63) is 29.8 Å². The van der Waals surface area contributed by atoms with Gasteiger partial charge in [0, 0.05) is 18.5 Å². The minimum atomic E-state index is -2.84. The van der Waals surface area contributed by atoms with Crippen LogP contribution >= 0.6 is 12.4 Å². The van der Waals surface area contributed by atoms with Gasteiger partial charge in [0.2, 0.25) is 0 Å². The topological polar surface area (TPSA) is 46.0 Å². The Morgan fingerprint density at radius 2 is 2.05 bits per heavy atom. The number of hydrogen-bond donors (Lipinski definition) is 1. The van der Waals surface area contributed by atoms with E-state index in [-0.39, 0.29) is 18.2 Å². The van der Waals surface area contributed by atoms with Gasteiger partial charge < -0.3 is 4.74 Å². The highest BCUT2D eigenvalue weighted by molar-refractivity contribution is 5.87. The Labute approximate surface area is 128 Å². The van der Waals surface area contributed by atoms with E-state index < -0.39 is 6.61 Å². The predicted molar refractivity (Wildman–Crippen MR) is 81.8 cm³/mol. The number of ether oxygens (including phenoxy) is 1. The summed E-state index contributed by atoms with van der Waals surface area (Å²) in [4.78, 5) is 4.37. The number of para-hydroxylation sites is 1. The van der Waals surface area contributed by atoms with E-state index in [0.29, 0.717) is 5.56 Å². The molecule has 0 radical (unpaired) electrons. The molecule has 2 rings (SSSR count). The number of aliphatic imine (C=N–C) groups is 1. The zero-order valence-corrected chi connectivity index (χ0v) is 12.3. The van der Waals surface area contributed by atoms with Crippen LogP contribution in [0, 0.1) is 0 Å². The molecule has 116 valence electrons. The first-order valence-corrected chi connectivity index (χ1v) is 6.62. The summed E-state index contributed by atoms with van der Waals surface area (Å²) in [6, 6.07) is 6.52. The van der Waals surface area contributed by atoms with Crippen molar-refractivity contribution >= 4 is 24.5 Å². The quantitative estimate of drug-likeness (QED) is 0.681. The Bertz CT molecular complexity index is 495. The number of halogens is 3. The Kier molecular flexibility index (Phi) is 7.68. The van der Waals surface area contributed by atoms with Gasteiger partial charge in [-0.15, -0.1) is 12.4 Å². The number of hydrazone groups is 1. The zero-order chi connectivity index (χ0) is 14.2. The third-order valence-electron chi connectivity index (χ3n) is 2.91. The lowest BCUT2D eigenvalue weighted by Crippen LogP contribution is -2.17. The largest absolute Gasteiger partial charge is 0.434 e. The standard InChI is InChI=1S/C14H17F2N3O.ClH/c15-14(16)20-12-7-4-3-6-11(12)10-18-19-13-8-2-1-5-9-17-13;/h3-4,6-7,10,14H,1-2,5,8-9H2,(H,17,19);1H/b18-10+;. The molecule has 0 bridgehead atoms. The van der Waals surface area contributed by atoms with E-state index in [9.17, 15) is 8.78 Å². The molecule has 1 aliphatic heterocycles. The van der Waals surface area contributed by atoms with Crippen molar-refractivity contribution in [3.8, 4) is 5.75 Å². The van der Waals surface area contributed by atoms with Gasteiger partial charge in [0.25, 0.3) is 0 Å². The molecule has 0 fully saturated rings. The van der Waals surface area contributed by atoms with E-state index in [1.165, 1.54) is 18.7 Å². The molecule has 0 spiro atoms. The zero-order valence-electron chi connectivity index (χ0n) is 11.5. The summed E-state index contributed by atoms with van der Waals surface area (Å²) in [5.41, 5.74) is 3.36. The van der Waals surface area contributed by atoms with Crippen LogP contribution in [-0.2, 0) is 0 Å². The van der Waals surface area contributed by atoms with Gasteiger partial charge in [-0.05, 0) is 25.0 Å². The van der Waals surface area contributed by atoms with Gasteiger partial charge in [-0.1, -0.05) is 18.6 Å². The van der Waals surface area contributed by atoms with Crippen LogP contribution in [0.4, 0.5) is 8.78 Å². The van der Waals surface area contributed by atoms with Gasteiger partial charge in [-0.3, -0.25) is 10.4 Å². The van der Waals surface area contributed by atoms with Crippen molar-refractivity contribution in [2.75, 3.05) is 6.54 Å². The molecule has 21 heavy (non-hydrogen) atoms. The van der Waals surface area contributed by atoms with Gasteiger partial charge in [0.1, 0.15) is 11.6 Å². The molecule has 0 atom stereocenters. The highest BCUT2D eigenvalue weighted by Crippen LogP contribution is 2.18. The van der Waals surface area contributed by atoms with E-state index >= 15 is 0 Å². The lowest BCUT2D eigenvalue weighted by atomic mass is 10.2. The highest BCUT2D eigenvalue weighted by atomic mass is 35.5. The lowest BCUT2D eigenvalue weighted by molar-refractivity contribution is -0.0499. The van der Waals surface area contributed by atoms with E-state index in [0.717, 1.165) is 31.6 Å². The monoisotopic (exact) mass is 317 g/mol. The van der Waals surface area contributed by atoms with Gasteiger partial charge in [-0.25, -0.2) is 0 Å². The van der Waals surface area contributed by atoms with Crippen LogP contribution in [0.2, 0.25) is 0 Å². The van der Waals surface area contributed by atoms with Crippen molar-refractivity contribution in [3.63, 3.8) is 0 Å². The molecule has 1 aromatic carbocycles. The average molecular weight is 318 g/mol. The molecule has 0 aliphatic carbocycles. The summed E-state index contributed by atoms with van der Waals surface area (Å²) in [7, 11) is 0. The lowest BCUT2D eigenvalue weighted by Gasteiger charge is -2.07. The van der Waals surface area contributed by atoms with Gasteiger partial charge >= 0.3 is 6.61 Å². The number of hydrogen-bond acceptors (Lipinski definition) is 4. The smallest absolute Gasteiger partial charge is 0.387 e. The molecule has 4 nitrogen and oxygen atoms in total. The molecule has 1 aromatic rings. The Morgan fingerprint density at radius 3 is 2.86 bits per heavy atom. The SMILES string of the molecule is Cl.FC(F)Oc1ccccc1/C=N/NC1=NCCCCC1. The fourth-order valence-corrected chi connectivity index (χ4v) is 1.93. The Hall–Kier alpha value is -1.69. The van der Waals surface area contributed by atoms with Crippen molar-refractivity contribution in [2.24, 2.45) is 10.1 Å². The number of benzene rings is 1. The molecule has 1 N–H and O–H groups in total. The Balaban J connectivity index is 0.00000220. The van der Waals surface area contributed by atoms with Gasteiger partial charge in [0.15, 0.2) is 0 Å². The number of nitrogens with one attached hydrogen (secondary N) is 1. The summed E-state index contributed by atoms with van der Waals surface area (Å²) in [6.07, 6.45) is 5.69. The maximum atomic E-state index is 12.3. The second-order valence-electron chi connectivity index (χ2n) is 4.43. The molecule has 0 saturated carbocycles. The third kappa shape index (κ3) is 6.08. The average Bonchev–Trinajstić information content (AvgIpc) is 2.69. The summed E-state index contributed by atoms with van der Waals surface area (Å²) < 4.78 is 28.9. The maximum Gasteiger partial charge on any atom is 0.387 e. The van der Waals surface area contributed by atoms with Crippen molar-refractivity contribution in [1.82, 2.24) is 5.43 Å². The summed E-state index contributed by atoms with van der Waals surface area (Å²) in [6.45, 7) is -2.04. The molecule has 0 amide bonds. The molecule has 1 heterocycles. The van der Waals surface area contributed by atoms with Crippen LogP contribution in [-0.4, -0.2) is 25.2 Å². The van der Waals surface area contributed by atoms with Crippen LogP contribution in [0.15, 0.2) is 34.4 Å². The molecule has 0 aromatic heterocycles. The molecule has 0 unspecified atom stereocenters. The first-order valence-electron chi connectivity index (χ1n) is 6.62. The van der Waals surface area contributed by atoms with E-state index in [1.807, 2.05) is 0 Å². The first-order chi connectivity index (χ1) is 9.75. The van der Waals surface area contributed by atoms with Crippen LogP contribution in [0.5, 0.6) is 5.75 Å². The summed E-state index contributed by atoms with van der Waals surface area (Å²) in [5, 5.41) is 4.04. The van der Waals surface area contributed by atoms with E-state index in [2.05, 4.69) is 20.3 Å². The highest BCUT2D eigenvalue weighted by Gasteiger charge is 2.07. The van der Waals surface area contributed by atoms with Crippen molar-refractivity contribution < 1.29 is 13.5 Å². The van der Waals surface area contributed by atoms with Crippen LogP contribution in [0.25, 0.3) is 0 Å². The number of amidine groups is 1. The fourth-order valence-electron chi connectivity index (χ4n) is 1.93. The number of alkyl halides is 2. The molecule has 1 aliphatic rings. The Morgan fingerprint density at radius 1 is 1.24 bits per heavy atom. The third-order valence-corrected chi connectivity index (χ3v) is 2.91. The molecule has 7 heteroatoms. The van der Waals surface area contributed by atoms with Crippen LogP contribution < -0.4 is 10.2 Å². The predicted octanol–water partition coefficient (Wildman–Crippen LogP) is 3.61. The number of nitrogens with zero attached hydrogens (tertiary/aromatic N) is 2. The first kappa shape index (κ1) is 17.4. The number of rotatable bonds is 4. The fraction of sp³-hybridized carbons (Fsp3) is 0.429. The minimum Gasteiger partial charge on any atom is -0.434 e. The second kappa shape index (κ2) is 9.28. The summed E-state index contributed by atoms with van der Waals surface area (Å²) in [5.74, 6) is 0.946. The maximum absolute atomic E-state index is 12.3. The van der Waals surface area contributed by atoms with Crippen LogP contribution in [0.1, 0.15) is 31.2 Å². The van der Waals surface area contributed by atoms with Crippen molar-refractivity contribution in [1.29, 1.82) is 0 Å². The summed E-state index contributed by atoms with van der Waals surface area (Å²) >= 11 is 0. The van der Waals surface area contributed by atoms with Gasteiger partial charge in [0.05, 0.1) is 6.21 Å². The molecular weight excluding hydrogens is 300 g/mol.